The van der Waals surface area contributed by atoms with Crippen molar-refractivity contribution in [2.45, 2.75) is 30.6 Å². The van der Waals surface area contributed by atoms with Crippen molar-refractivity contribution in [3.63, 3.8) is 0 Å². The summed E-state index contributed by atoms with van der Waals surface area (Å²) in [7, 11) is -3.44. The van der Waals surface area contributed by atoms with Crippen molar-refractivity contribution < 1.29 is 54.6 Å². The van der Waals surface area contributed by atoms with E-state index in [1.165, 1.54) is 4.31 Å². The summed E-state index contributed by atoms with van der Waals surface area (Å²) in [6.07, 6.45) is -9.46. The lowest BCUT2D eigenvalue weighted by atomic mass is 10.2. The molecule has 0 bridgehead atoms. The second kappa shape index (κ2) is 14.0. The van der Waals surface area contributed by atoms with Crippen LogP contribution in [0.1, 0.15) is 11.5 Å². The summed E-state index contributed by atoms with van der Waals surface area (Å²) in [5.41, 5.74) is 6.53. The molecule has 218 valence electrons. The van der Waals surface area contributed by atoms with E-state index >= 15 is 0 Å². The summed E-state index contributed by atoms with van der Waals surface area (Å²) in [6, 6.07) is 10.5. The highest BCUT2D eigenvalue weighted by molar-refractivity contribution is 7.89. The number of carboxylic acid groups (broad SMARTS) is 2. The average molecular weight is 590 g/mol. The van der Waals surface area contributed by atoms with Crippen molar-refractivity contribution in [2.24, 2.45) is 5.73 Å². The molecule has 2 aromatic rings. The summed E-state index contributed by atoms with van der Waals surface area (Å²) in [5, 5.41) is 14.2. The van der Waals surface area contributed by atoms with Gasteiger partial charge in [0, 0.05) is 44.4 Å². The van der Waals surface area contributed by atoms with Crippen molar-refractivity contribution in [2.75, 3.05) is 37.6 Å². The van der Waals surface area contributed by atoms with Gasteiger partial charge >= 0.3 is 24.3 Å². The molecular weight excluding hydrogens is 564 g/mol. The Morgan fingerprint density at radius 2 is 1.38 bits per heavy atom. The first-order valence-electron chi connectivity index (χ1n) is 10.8. The van der Waals surface area contributed by atoms with Gasteiger partial charge in [-0.25, -0.2) is 28.0 Å². The van der Waals surface area contributed by atoms with Crippen LogP contribution in [0.5, 0.6) is 0 Å². The number of aliphatic carboxylic acids is 2. The maximum Gasteiger partial charge on any atom is 0.490 e. The third-order valence-corrected chi connectivity index (χ3v) is 6.62. The number of rotatable bonds is 5. The fourth-order valence-corrected chi connectivity index (χ4v) is 4.39. The molecule has 0 atom stereocenters. The van der Waals surface area contributed by atoms with Crippen LogP contribution < -0.4 is 10.6 Å². The summed E-state index contributed by atoms with van der Waals surface area (Å²) in [5.74, 6) is -3.96. The van der Waals surface area contributed by atoms with E-state index in [-0.39, 0.29) is 0 Å². The fraction of sp³-hybridized carbons (Fsp3) is 0.429. The van der Waals surface area contributed by atoms with Gasteiger partial charge in [0.05, 0.1) is 4.90 Å². The summed E-state index contributed by atoms with van der Waals surface area (Å²) in [4.78, 5) is 29.1. The summed E-state index contributed by atoms with van der Waals surface area (Å²) >= 11 is 0. The smallest absolute Gasteiger partial charge is 0.475 e. The Morgan fingerprint density at radius 3 is 1.79 bits per heavy atom. The van der Waals surface area contributed by atoms with E-state index in [0.29, 0.717) is 49.9 Å². The molecule has 0 amide bonds. The highest BCUT2D eigenvalue weighted by atomic mass is 32.2. The van der Waals surface area contributed by atoms with Gasteiger partial charge in [-0.15, -0.1) is 0 Å². The quantitative estimate of drug-likeness (QED) is 0.439. The van der Waals surface area contributed by atoms with E-state index in [9.17, 15) is 34.8 Å². The molecule has 3 rings (SSSR count). The van der Waals surface area contributed by atoms with E-state index < -0.39 is 34.3 Å². The predicted molar refractivity (Wildman–Crippen MR) is 124 cm³/mol. The molecule has 0 saturated carbocycles. The number of alkyl halides is 6. The lowest BCUT2D eigenvalue weighted by molar-refractivity contribution is -0.193. The van der Waals surface area contributed by atoms with Crippen molar-refractivity contribution in [1.82, 2.24) is 14.3 Å². The number of piperazine rings is 1. The van der Waals surface area contributed by atoms with Gasteiger partial charge in [0.1, 0.15) is 11.6 Å². The Kier molecular flexibility index (Phi) is 12.1. The Balaban J connectivity index is 0.000000449. The molecule has 4 N–H and O–H groups in total. The second-order valence-corrected chi connectivity index (χ2v) is 9.55. The predicted octanol–water partition coefficient (Wildman–Crippen LogP) is 2.06. The number of hydrogen-bond donors (Lipinski definition) is 3. The molecule has 0 unspecified atom stereocenters. The minimum atomic E-state index is -5.08. The molecule has 0 aliphatic carbocycles. The standard InChI is InChI=1S/C17H23N5O2S.2C2HF3O2/c1-14-19-15(7-8-18)13-17(20-14)21-9-11-22(12-10-21)25(23,24)16-5-3-2-4-6-16;2*3-2(4,5)1(6)7/h2-6,13H,7-12,18H2,1H3;2*(H,6,7). The highest BCUT2D eigenvalue weighted by Gasteiger charge is 2.39. The molecule has 1 aromatic carbocycles. The average Bonchev–Trinajstić information content (AvgIpc) is 2.84. The first-order chi connectivity index (χ1) is 17.9. The molecule has 1 fully saturated rings. The molecule has 0 radical (unpaired) electrons. The monoisotopic (exact) mass is 589 g/mol. The van der Waals surface area contributed by atoms with Gasteiger partial charge in [-0.3, -0.25) is 0 Å². The Morgan fingerprint density at radius 1 is 0.923 bits per heavy atom. The van der Waals surface area contributed by atoms with Crippen LogP contribution in [0, 0.1) is 6.92 Å². The Bertz CT molecular complexity index is 1180. The zero-order chi connectivity index (χ0) is 30.0. The lowest BCUT2D eigenvalue weighted by Crippen LogP contribution is -2.49. The maximum atomic E-state index is 12.7. The summed E-state index contributed by atoms with van der Waals surface area (Å²) < 4.78 is 90.4. The van der Waals surface area contributed by atoms with E-state index in [1.54, 1.807) is 24.3 Å². The molecule has 1 aliphatic heterocycles. The van der Waals surface area contributed by atoms with E-state index in [1.807, 2.05) is 19.1 Å². The van der Waals surface area contributed by atoms with Gasteiger partial charge in [0.2, 0.25) is 10.0 Å². The number of benzene rings is 1. The van der Waals surface area contributed by atoms with E-state index in [0.717, 1.165) is 11.5 Å². The van der Waals surface area contributed by atoms with Gasteiger partial charge in [-0.1, -0.05) is 18.2 Å². The normalized spacial score (nSPS) is 14.4. The minimum Gasteiger partial charge on any atom is -0.475 e. The fourth-order valence-electron chi connectivity index (χ4n) is 2.95. The van der Waals surface area contributed by atoms with Crippen LogP contribution in [0.3, 0.4) is 0 Å². The number of carbonyl (C=O) groups is 2. The van der Waals surface area contributed by atoms with Gasteiger partial charge < -0.3 is 20.8 Å². The third-order valence-electron chi connectivity index (χ3n) is 4.71. The van der Waals surface area contributed by atoms with Crippen LogP contribution in [0.4, 0.5) is 32.2 Å². The molecular formula is C21H25F6N5O6S. The number of sulfonamides is 1. The van der Waals surface area contributed by atoms with Crippen LogP contribution in [0.2, 0.25) is 0 Å². The lowest BCUT2D eigenvalue weighted by Gasteiger charge is -2.34. The van der Waals surface area contributed by atoms with Gasteiger partial charge in [-0.05, 0) is 25.6 Å². The van der Waals surface area contributed by atoms with Gasteiger partial charge in [0.15, 0.2) is 0 Å². The minimum absolute atomic E-state index is 0.339. The van der Waals surface area contributed by atoms with Crippen molar-refractivity contribution in [1.29, 1.82) is 0 Å². The largest absolute Gasteiger partial charge is 0.490 e. The zero-order valence-electron chi connectivity index (χ0n) is 20.3. The molecule has 39 heavy (non-hydrogen) atoms. The highest BCUT2D eigenvalue weighted by Crippen LogP contribution is 2.20. The zero-order valence-corrected chi connectivity index (χ0v) is 21.1. The molecule has 0 spiro atoms. The van der Waals surface area contributed by atoms with Crippen molar-refractivity contribution in [3.8, 4) is 0 Å². The second-order valence-electron chi connectivity index (χ2n) is 7.61. The number of nitrogens with two attached hydrogens (primary N) is 1. The number of anilines is 1. The number of aromatic nitrogens is 2. The topological polar surface area (TPSA) is 167 Å². The van der Waals surface area contributed by atoms with Crippen LogP contribution in [-0.4, -0.2) is 89.9 Å². The Labute approximate surface area is 218 Å². The van der Waals surface area contributed by atoms with Crippen LogP contribution in [0.25, 0.3) is 0 Å². The molecule has 2 heterocycles. The number of carboxylic acids is 2. The van der Waals surface area contributed by atoms with Gasteiger partial charge in [0.25, 0.3) is 0 Å². The molecule has 1 saturated heterocycles. The molecule has 11 nitrogen and oxygen atoms in total. The number of halogens is 6. The first-order valence-corrected chi connectivity index (χ1v) is 12.3. The van der Waals surface area contributed by atoms with Crippen LogP contribution in [-0.2, 0) is 26.0 Å². The maximum absolute atomic E-state index is 12.7. The summed E-state index contributed by atoms with van der Waals surface area (Å²) in [6.45, 7) is 4.48. The third kappa shape index (κ3) is 11.0. The number of nitrogens with zero attached hydrogens (tertiary/aromatic N) is 4. The SMILES string of the molecule is Cc1nc(CCN)cc(N2CCN(S(=O)(=O)c3ccccc3)CC2)n1.O=C(O)C(F)(F)F.O=C(O)C(F)(F)F. The molecule has 1 aliphatic rings. The van der Waals surface area contributed by atoms with E-state index in [4.69, 9.17) is 25.5 Å². The number of hydrogen-bond acceptors (Lipinski definition) is 8. The Hall–Kier alpha value is -3.51. The van der Waals surface area contributed by atoms with Crippen molar-refractivity contribution in [3.05, 3.63) is 47.9 Å². The molecule has 18 heteroatoms. The van der Waals surface area contributed by atoms with Crippen LogP contribution in [0.15, 0.2) is 41.3 Å². The van der Waals surface area contributed by atoms with Gasteiger partial charge in [-0.2, -0.15) is 30.6 Å². The molecule has 1 aromatic heterocycles. The van der Waals surface area contributed by atoms with E-state index in [2.05, 4.69) is 14.9 Å². The number of aryl methyl sites for hydroxylation is 1. The van der Waals surface area contributed by atoms with Crippen molar-refractivity contribution >= 4 is 27.8 Å². The van der Waals surface area contributed by atoms with Crippen LogP contribution >= 0.6 is 0 Å². The first kappa shape index (κ1) is 33.5.